The van der Waals surface area contributed by atoms with E-state index in [2.05, 4.69) is 5.32 Å². The number of amides is 2. The first-order chi connectivity index (χ1) is 13.9. The van der Waals surface area contributed by atoms with Crippen molar-refractivity contribution in [2.45, 2.75) is 25.0 Å². The Balaban J connectivity index is 1.46. The number of β-amino-alcohol motifs (C(OH)–C–C–N with tert-alkyl or cyclic N) is 2. The van der Waals surface area contributed by atoms with Crippen LogP contribution in [0.2, 0.25) is 0 Å². The number of benzene rings is 2. The monoisotopic (exact) mass is 398 g/mol. The summed E-state index contributed by atoms with van der Waals surface area (Å²) in [5, 5.41) is 21.8. The molecule has 2 aromatic carbocycles. The van der Waals surface area contributed by atoms with Crippen molar-refractivity contribution < 1.29 is 24.2 Å². The fraction of sp³-hybridized carbons (Fsp3) is 0.273. The number of carbonyl (C=O) groups excluding carboxylic acids is 2. The number of carbonyl (C=O) groups is 2. The highest BCUT2D eigenvalue weighted by Gasteiger charge is 2.31. The average Bonchev–Trinajstić information content (AvgIpc) is 3.05. The Hall–Kier alpha value is -3.03. The number of nitrogens with zero attached hydrogens (tertiary/aromatic N) is 1. The van der Waals surface area contributed by atoms with Crippen molar-refractivity contribution in [2.75, 3.05) is 18.4 Å². The lowest BCUT2D eigenvalue weighted by Gasteiger charge is -2.15. The van der Waals surface area contributed by atoms with Gasteiger partial charge in [-0.2, -0.15) is 0 Å². The molecule has 152 valence electrons. The van der Waals surface area contributed by atoms with E-state index in [4.69, 9.17) is 0 Å². The van der Waals surface area contributed by atoms with Gasteiger partial charge in [-0.3, -0.25) is 9.59 Å². The van der Waals surface area contributed by atoms with Gasteiger partial charge >= 0.3 is 0 Å². The predicted octanol–water partition coefficient (Wildman–Crippen LogP) is 1.97. The molecule has 2 atom stereocenters. The quantitative estimate of drug-likeness (QED) is 0.649. The summed E-state index contributed by atoms with van der Waals surface area (Å²) in [5.74, 6) is -0.740. The van der Waals surface area contributed by atoms with Crippen LogP contribution in [0.5, 0.6) is 0 Å². The molecule has 6 nitrogen and oxygen atoms in total. The van der Waals surface area contributed by atoms with Crippen LogP contribution < -0.4 is 5.32 Å². The molecule has 0 unspecified atom stereocenters. The van der Waals surface area contributed by atoms with Crippen molar-refractivity contribution >= 4 is 23.6 Å². The minimum Gasteiger partial charge on any atom is -0.388 e. The van der Waals surface area contributed by atoms with Gasteiger partial charge in [-0.25, -0.2) is 4.39 Å². The van der Waals surface area contributed by atoms with Crippen molar-refractivity contribution in [3.05, 3.63) is 71.6 Å². The smallest absolute Gasteiger partial charge is 0.248 e. The number of hydrogen-bond acceptors (Lipinski definition) is 4. The molecule has 1 aliphatic rings. The first kappa shape index (κ1) is 20.7. The molecule has 3 rings (SSSR count). The predicted molar refractivity (Wildman–Crippen MR) is 107 cm³/mol. The highest BCUT2D eigenvalue weighted by Crippen LogP contribution is 2.15. The molecule has 0 aromatic heterocycles. The number of likely N-dealkylation sites (tertiary alicyclic amines) is 1. The van der Waals surface area contributed by atoms with E-state index in [1.807, 2.05) is 12.1 Å². The lowest BCUT2D eigenvalue weighted by atomic mass is 10.1. The van der Waals surface area contributed by atoms with E-state index in [9.17, 15) is 24.2 Å². The van der Waals surface area contributed by atoms with E-state index >= 15 is 0 Å². The minimum atomic E-state index is -0.876. The van der Waals surface area contributed by atoms with Gasteiger partial charge in [0.2, 0.25) is 11.8 Å². The van der Waals surface area contributed by atoms with Crippen LogP contribution in [0.4, 0.5) is 10.1 Å². The lowest BCUT2D eigenvalue weighted by molar-refractivity contribution is -0.130. The average molecular weight is 398 g/mol. The van der Waals surface area contributed by atoms with Crippen molar-refractivity contribution in [1.29, 1.82) is 0 Å². The number of hydrogen-bond donors (Lipinski definition) is 3. The first-order valence-electron chi connectivity index (χ1n) is 9.38. The zero-order valence-corrected chi connectivity index (χ0v) is 15.8. The highest BCUT2D eigenvalue weighted by atomic mass is 19.1. The third kappa shape index (κ3) is 5.97. The van der Waals surface area contributed by atoms with Crippen LogP contribution in [0, 0.1) is 5.82 Å². The van der Waals surface area contributed by atoms with Crippen molar-refractivity contribution in [3.8, 4) is 0 Å². The van der Waals surface area contributed by atoms with Crippen molar-refractivity contribution in [1.82, 2.24) is 4.90 Å². The number of halogens is 1. The fourth-order valence-electron chi connectivity index (χ4n) is 3.07. The highest BCUT2D eigenvalue weighted by molar-refractivity contribution is 6.01. The van der Waals surface area contributed by atoms with E-state index in [1.165, 1.54) is 23.1 Å². The maximum atomic E-state index is 12.9. The number of aliphatic hydroxyl groups excluding tert-OH is 2. The molecule has 1 saturated heterocycles. The molecular formula is C22H23FN2O4. The number of aliphatic hydroxyl groups is 2. The summed E-state index contributed by atoms with van der Waals surface area (Å²) in [6.45, 7) is 0.326. The lowest BCUT2D eigenvalue weighted by Crippen LogP contribution is -2.29. The second-order valence-electron chi connectivity index (χ2n) is 7.00. The molecule has 0 radical (unpaired) electrons. The molecule has 1 fully saturated rings. The number of anilines is 1. The summed E-state index contributed by atoms with van der Waals surface area (Å²) < 4.78 is 12.9. The van der Waals surface area contributed by atoms with Gasteiger partial charge < -0.3 is 20.4 Å². The topological polar surface area (TPSA) is 89.9 Å². The van der Waals surface area contributed by atoms with Gasteiger partial charge in [-0.15, -0.1) is 0 Å². The van der Waals surface area contributed by atoms with E-state index < -0.39 is 12.2 Å². The van der Waals surface area contributed by atoms with Gasteiger partial charge in [0.25, 0.3) is 0 Å². The Morgan fingerprint density at radius 1 is 1.03 bits per heavy atom. The Morgan fingerprint density at radius 3 is 2.28 bits per heavy atom. The van der Waals surface area contributed by atoms with Gasteiger partial charge in [-0.1, -0.05) is 24.3 Å². The second kappa shape index (κ2) is 9.45. The third-order valence-electron chi connectivity index (χ3n) is 4.76. The van der Waals surface area contributed by atoms with E-state index in [1.54, 1.807) is 30.3 Å². The molecule has 1 aliphatic heterocycles. The van der Waals surface area contributed by atoms with Crippen LogP contribution in [0.3, 0.4) is 0 Å². The van der Waals surface area contributed by atoms with Gasteiger partial charge in [0, 0.05) is 31.3 Å². The van der Waals surface area contributed by atoms with E-state index in [0.717, 1.165) is 11.1 Å². The minimum absolute atomic E-state index is 0.107. The normalized spacial score (nSPS) is 18.9. The van der Waals surface area contributed by atoms with Crippen LogP contribution in [-0.2, 0) is 16.0 Å². The zero-order valence-electron chi connectivity index (χ0n) is 15.8. The van der Waals surface area contributed by atoms with E-state index in [0.29, 0.717) is 12.1 Å². The molecule has 2 amide bonds. The van der Waals surface area contributed by atoms with Gasteiger partial charge in [0.05, 0.1) is 12.2 Å². The molecule has 7 heteroatoms. The summed E-state index contributed by atoms with van der Waals surface area (Å²) in [7, 11) is 0. The Bertz CT molecular complexity index is 871. The van der Waals surface area contributed by atoms with Gasteiger partial charge in [0.15, 0.2) is 0 Å². The molecule has 0 bridgehead atoms. The maximum Gasteiger partial charge on any atom is 0.248 e. The maximum absolute atomic E-state index is 12.9. The summed E-state index contributed by atoms with van der Waals surface area (Å²) >= 11 is 0. The van der Waals surface area contributed by atoms with E-state index in [-0.39, 0.29) is 37.1 Å². The van der Waals surface area contributed by atoms with Crippen molar-refractivity contribution in [3.63, 3.8) is 0 Å². The second-order valence-corrected chi connectivity index (χ2v) is 7.00. The van der Waals surface area contributed by atoms with Gasteiger partial charge in [0.1, 0.15) is 5.82 Å². The summed E-state index contributed by atoms with van der Waals surface area (Å²) in [5.41, 5.74) is 2.29. The Labute approximate surface area is 168 Å². The molecule has 3 N–H and O–H groups in total. The molecule has 29 heavy (non-hydrogen) atoms. The first-order valence-corrected chi connectivity index (χ1v) is 9.38. The van der Waals surface area contributed by atoms with Crippen molar-refractivity contribution in [2.24, 2.45) is 0 Å². The summed E-state index contributed by atoms with van der Waals surface area (Å²) in [6, 6.07) is 13.0. The van der Waals surface area contributed by atoms with Crippen LogP contribution in [-0.4, -0.2) is 52.2 Å². The SMILES string of the molecule is O=C(/C=C/c1ccc(F)cc1)Nc1ccc(CCC(=O)N2C[C@@H](O)[C@H](O)C2)cc1. The molecule has 0 spiro atoms. The van der Waals surface area contributed by atoms with Crippen LogP contribution >= 0.6 is 0 Å². The molecule has 1 heterocycles. The van der Waals surface area contributed by atoms with Crippen LogP contribution in [0.15, 0.2) is 54.6 Å². The molecule has 0 aliphatic carbocycles. The third-order valence-corrected chi connectivity index (χ3v) is 4.76. The molecular weight excluding hydrogens is 375 g/mol. The number of nitrogens with one attached hydrogen (secondary N) is 1. The number of rotatable bonds is 6. The van der Waals surface area contributed by atoms with Crippen LogP contribution in [0.1, 0.15) is 17.5 Å². The molecule has 2 aromatic rings. The Morgan fingerprint density at radius 2 is 1.66 bits per heavy atom. The number of aryl methyl sites for hydroxylation is 1. The summed E-state index contributed by atoms with van der Waals surface area (Å²) in [4.78, 5) is 25.6. The zero-order chi connectivity index (χ0) is 20.8. The summed E-state index contributed by atoms with van der Waals surface area (Å²) in [6.07, 6.45) is 2.03. The van der Waals surface area contributed by atoms with Gasteiger partial charge in [-0.05, 0) is 47.9 Å². The molecule has 0 saturated carbocycles. The fourth-order valence-corrected chi connectivity index (χ4v) is 3.07. The van der Waals surface area contributed by atoms with Crippen LogP contribution in [0.25, 0.3) is 6.08 Å². The largest absolute Gasteiger partial charge is 0.388 e. The Kier molecular flexibility index (Phi) is 6.74. The standard InChI is InChI=1S/C22H23FN2O4/c23-17-7-1-15(2-8-17)5-11-21(28)24-18-9-3-16(4-10-18)6-12-22(29)25-13-19(26)20(27)14-25/h1-5,7-11,19-20,26-27H,6,12-14H2,(H,24,28)/b11-5+/t19-,20-/m1/s1.